The van der Waals surface area contributed by atoms with Gasteiger partial charge in [0, 0.05) is 16.3 Å². The second kappa shape index (κ2) is 6.26. The molecule has 0 aliphatic carbocycles. The van der Waals surface area contributed by atoms with Crippen LogP contribution in [0.2, 0.25) is 10.0 Å². The smallest absolute Gasteiger partial charge is 0.179 e. The van der Waals surface area contributed by atoms with Crippen LogP contribution in [0.5, 0.6) is 11.5 Å². The van der Waals surface area contributed by atoms with Gasteiger partial charge in [-0.2, -0.15) is 0 Å². The first-order valence-electron chi connectivity index (χ1n) is 6.39. The van der Waals surface area contributed by atoms with Gasteiger partial charge in [0.25, 0.3) is 0 Å². The summed E-state index contributed by atoms with van der Waals surface area (Å²) in [5.41, 5.74) is 7.53. The van der Waals surface area contributed by atoms with Crippen LogP contribution in [0.25, 0.3) is 0 Å². The molecular weight excluding hydrogens is 329 g/mol. The molecule has 0 fully saturated rings. The van der Waals surface area contributed by atoms with Crippen molar-refractivity contribution in [2.24, 2.45) is 0 Å². The molecule has 0 unspecified atom stereocenters. The molecule has 1 aliphatic heterocycles. The number of hydrogen-bond donors (Lipinski definition) is 1. The van der Waals surface area contributed by atoms with Crippen molar-refractivity contribution in [1.29, 1.82) is 0 Å². The second-order valence-corrected chi connectivity index (χ2v) is 6.41. The van der Waals surface area contributed by atoms with Gasteiger partial charge < -0.3 is 15.2 Å². The Balaban J connectivity index is 1.79. The Kier molecular flexibility index (Phi) is 4.38. The maximum atomic E-state index is 6.23. The average Bonchev–Trinajstić information content (AvgIpc) is 2.48. The molecule has 0 aromatic heterocycles. The number of nitrogen functional groups attached to an aromatic ring is 1. The first-order valence-corrected chi connectivity index (χ1v) is 8.13. The van der Waals surface area contributed by atoms with E-state index in [4.69, 9.17) is 38.4 Å². The van der Waals surface area contributed by atoms with Crippen molar-refractivity contribution in [1.82, 2.24) is 0 Å². The predicted molar refractivity (Wildman–Crippen MR) is 87.9 cm³/mol. The number of anilines is 1. The molecule has 0 saturated carbocycles. The third kappa shape index (κ3) is 3.34. The SMILES string of the molecule is Nc1ccc(Cl)c(SCc2cc(Cl)c3c(c2)OCCO3)c1. The molecule has 2 aromatic carbocycles. The molecule has 21 heavy (non-hydrogen) atoms. The fraction of sp³-hybridized carbons (Fsp3) is 0.200. The standard InChI is InChI=1S/C15H13Cl2NO2S/c16-11-2-1-10(18)7-14(11)21-8-9-5-12(17)15-13(6-9)19-3-4-20-15/h1-2,5-7H,3-4,8,18H2. The molecule has 6 heteroatoms. The fourth-order valence-electron chi connectivity index (χ4n) is 2.04. The molecule has 0 saturated heterocycles. The minimum absolute atomic E-state index is 0.527. The van der Waals surface area contributed by atoms with Crippen LogP contribution in [0.4, 0.5) is 5.69 Å². The van der Waals surface area contributed by atoms with Crippen LogP contribution in [0.3, 0.4) is 0 Å². The average molecular weight is 342 g/mol. The zero-order valence-corrected chi connectivity index (χ0v) is 13.4. The molecule has 1 aliphatic rings. The molecule has 0 spiro atoms. The first-order chi connectivity index (χ1) is 10.1. The molecule has 2 N–H and O–H groups in total. The van der Waals surface area contributed by atoms with E-state index in [1.165, 1.54) is 0 Å². The quantitative estimate of drug-likeness (QED) is 0.652. The lowest BCUT2D eigenvalue weighted by Crippen LogP contribution is -2.15. The Morgan fingerprint density at radius 3 is 2.71 bits per heavy atom. The number of benzene rings is 2. The summed E-state index contributed by atoms with van der Waals surface area (Å²) in [5, 5.41) is 1.26. The van der Waals surface area contributed by atoms with Crippen molar-refractivity contribution in [3.05, 3.63) is 45.9 Å². The molecule has 2 aromatic rings. The van der Waals surface area contributed by atoms with Crippen molar-refractivity contribution < 1.29 is 9.47 Å². The van der Waals surface area contributed by atoms with E-state index in [2.05, 4.69) is 0 Å². The Morgan fingerprint density at radius 2 is 1.86 bits per heavy atom. The Morgan fingerprint density at radius 1 is 1.05 bits per heavy atom. The summed E-state index contributed by atoms with van der Waals surface area (Å²) < 4.78 is 11.1. The summed E-state index contributed by atoms with van der Waals surface area (Å²) in [4.78, 5) is 0.947. The van der Waals surface area contributed by atoms with Crippen molar-refractivity contribution in [3.8, 4) is 11.5 Å². The summed E-state index contributed by atoms with van der Waals surface area (Å²) in [5.74, 6) is 2.04. The summed E-state index contributed by atoms with van der Waals surface area (Å²) >= 11 is 14.0. The lowest BCUT2D eigenvalue weighted by Gasteiger charge is -2.20. The van der Waals surface area contributed by atoms with Gasteiger partial charge in [-0.05, 0) is 35.9 Å². The van der Waals surface area contributed by atoms with E-state index >= 15 is 0 Å². The van der Waals surface area contributed by atoms with Crippen molar-refractivity contribution in [2.45, 2.75) is 10.6 Å². The van der Waals surface area contributed by atoms with E-state index in [9.17, 15) is 0 Å². The number of hydrogen-bond acceptors (Lipinski definition) is 4. The van der Waals surface area contributed by atoms with Gasteiger partial charge in [-0.25, -0.2) is 0 Å². The number of thioether (sulfide) groups is 1. The lowest BCUT2D eigenvalue weighted by molar-refractivity contribution is 0.171. The molecule has 0 radical (unpaired) electrons. The molecular formula is C15H13Cl2NO2S. The maximum absolute atomic E-state index is 6.23. The van der Waals surface area contributed by atoms with Crippen molar-refractivity contribution >= 4 is 40.7 Å². The van der Waals surface area contributed by atoms with E-state index < -0.39 is 0 Å². The molecule has 3 nitrogen and oxygen atoms in total. The number of fused-ring (bicyclic) bond motifs is 1. The van der Waals surface area contributed by atoms with Gasteiger partial charge in [-0.3, -0.25) is 0 Å². The van der Waals surface area contributed by atoms with Crippen LogP contribution in [-0.4, -0.2) is 13.2 Å². The van der Waals surface area contributed by atoms with Gasteiger partial charge in [0.15, 0.2) is 11.5 Å². The van der Waals surface area contributed by atoms with Crippen molar-refractivity contribution in [2.75, 3.05) is 18.9 Å². The summed E-state index contributed by atoms with van der Waals surface area (Å²) in [6, 6.07) is 9.30. The third-order valence-corrected chi connectivity index (χ3v) is 4.86. The highest BCUT2D eigenvalue weighted by Crippen LogP contribution is 2.40. The van der Waals surface area contributed by atoms with Crippen LogP contribution >= 0.6 is 35.0 Å². The van der Waals surface area contributed by atoms with Crippen LogP contribution in [0, 0.1) is 0 Å². The number of rotatable bonds is 3. The van der Waals surface area contributed by atoms with Crippen LogP contribution in [0.15, 0.2) is 35.2 Å². The van der Waals surface area contributed by atoms with Gasteiger partial charge in [0.05, 0.1) is 10.0 Å². The van der Waals surface area contributed by atoms with E-state index in [0.29, 0.717) is 40.4 Å². The topological polar surface area (TPSA) is 44.5 Å². The largest absolute Gasteiger partial charge is 0.486 e. The number of halogens is 2. The highest BCUT2D eigenvalue weighted by atomic mass is 35.5. The summed E-state index contributed by atoms with van der Waals surface area (Å²) in [6.45, 7) is 1.07. The fourth-order valence-corrected chi connectivity index (χ4v) is 3.52. The summed E-state index contributed by atoms with van der Waals surface area (Å²) in [7, 11) is 0. The molecule has 0 atom stereocenters. The number of ether oxygens (including phenoxy) is 2. The van der Waals surface area contributed by atoms with Gasteiger partial charge in [0.1, 0.15) is 13.2 Å². The Hall–Kier alpha value is -1.23. The molecule has 3 rings (SSSR count). The number of nitrogens with two attached hydrogens (primary N) is 1. The highest BCUT2D eigenvalue weighted by molar-refractivity contribution is 7.98. The van der Waals surface area contributed by atoms with Gasteiger partial charge in [-0.15, -0.1) is 11.8 Å². The minimum Gasteiger partial charge on any atom is -0.486 e. The zero-order chi connectivity index (χ0) is 14.8. The van der Waals surface area contributed by atoms with E-state index in [-0.39, 0.29) is 0 Å². The first kappa shape index (κ1) is 14.7. The van der Waals surface area contributed by atoms with E-state index in [1.807, 2.05) is 18.2 Å². The minimum atomic E-state index is 0.527. The van der Waals surface area contributed by atoms with Crippen LogP contribution in [0.1, 0.15) is 5.56 Å². The van der Waals surface area contributed by atoms with Crippen LogP contribution < -0.4 is 15.2 Å². The highest BCUT2D eigenvalue weighted by Gasteiger charge is 2.16. The Bertz CT molecular complexity index is 679. The Labute approximate surface area is 137 Å². The van der Waals surface area contributed by atoms with Gasteiger partial charge >= 0.3 is 0 Å². The predicted octanol–water partition coefficient (Wildman–Crippen LogP) is 4.64. The third-order valence-electron chi connectivity index (χ3n) is 3.01. The monoisotopic (exact) mass is 341 g/mol. The summed E-state index contributed by atoms with van der Waals surface area (Å²) in [6.07, 6.45) is 0. The van der Waals surface area contributed by atoms with Gasteiger partial charge in [0.2, 0.25) is 0 Å². The normalized spacial score (nSPS) is 13.2. The molecule has 0 bridgehead atoms. The van der Waals surface area contributed by atoms with Crippen LogP contribution in [-0.2, 0) is 5.75 Å². The second-order valence-electron chi connectivity index (χ2n) is 4.58. The maximum Gasteiger partial charge on any atom is 0.179 e. The lowest BCUT2D eigenvalue weighted by atomic mass is 10.2. The molecule has 1 heterocycles. The van der Waals surface area contributed by atoms with Crippen molar-refractivity contribution in [3.63, 3.8) is 0 Å². The van der Waals surface area contributed by atoms with Gasteiger partial charge in [-0.1, -0.05) is 23.2 Å². The molecule has 0 amide bonds. The molecule has 110 valence electrons. The van der Waals surface area contributed by atoms with E-state index in [1.54, 1.807) is 23.9 Å². The van der Waals surface area contributed by atoms with E-state index in [0.717, 1.165) is 16.2 Å². The zero-order valence-electron chi connectivity index (χ0n) is 11.1.